The van der Waals surface area contributed by atoms with Crippen LogP contribution < -0.4 is 10.2 Å². The van der Waals surface area contributed by atoms with E-state index >= 15 is 0 Å². The van der Waals surface area contributed by atoms with Crippen LogP contribution in [0.2, 0.25) is 0 Å². The van der Waals surface area contributed by atoms with Gasteiger partial charge in [-0.3, -0.25) is 4.79 Å². The zero-order valence-electron chi connectivity index (χ0n) is 8.47. The van der Waals surface area contributed by atoms with Gasteiger partial charge in [0.15, 0.2) is 0 Å². The first-order valence-electron chi connectivity index (χ1n) is 4.84. The van der Waals surface area contributed by atoms with Gasteiger partial charge in [-0.05, 0) is 11.4 Å². The van der Waals surface area contributed by atoms with Crippen LogP contribution in [0, 0.1) is 0 Å². The molecule has 0 aromatic carbocycles. The lowest BCUT2D eigenvalue weighted by Gasteiger charge is -2.08. The fraction of sp³-hybridized carbons (Fsp3) is 0.300. The molecule has 0 fully saturated rings. The summed E-state index contributed by atoms with van der Waals surface area (Å²) in [5.74, 6) is 0. The zero-order valence-corrected chi connectivity index (χ0v) is 10.1. The molecule has 2 aromatic rings. The van der Waals surface area contributed by atoms with E-state index in [2.05, 4.69) is 10.3 Å². The maximum atomic E-state index is 10.9. The second kappa shape index (κ2) is 5.40. The van der Waals surface area contributed by atoms with E-state index in [0.717, 1.165) is 21.9 Å². The smallest absolute Gasteiger partial charge is 0.304 e. The predicted octanol–water partition coefficient (Wildman–Crippen LogP) is 1.32. The summed E-state index contributed by atoms with van der Waals surface area (Å²) < 4.78 is 0. The Morgan fingerprint density at radius 2 is 2.38 bits per heavy atom. The van der Waals surface area contributed by atoms with Crippen LogP contribution in [0.25, 0.3) is 0 Å². The molecule has 2 rings (SSSR count). The topological polar surface area (TPSA) is 65.1 Å². The molecule has 16 heavy (non-hydrogen) atoms. The SMILES string of the molecule is O=c1[nH]c(CNCC(O)c2cccs2)cs1. The number of aliphatic hydroxyl groups excluding tert-OH is 1. The standard InChI is InChI=1S/C10H12N2O2S2/c13-8(9-2-1-3-15-9)5-11-4-7-6-16-10(14)12-7/h1-3,6,8,11,13H,4-5H2,(H,12,14). The molecule has 0 saturated heterocycles. The summed E-state index contributed by atoms with van der Waals surface area (Å²) in [4.78, 5) is 14.5. The van der Waals surface area contributed by atoms with Crippen LogP contribution in [-0.4, -0.2) is 16.6 Å². The summed E-state index contributed by atoms with van der Waals surface area (Å²) in [6.45, 7) is 1.06. The van der Waals surface area contributed by atoms with Gasteiger partial charge >= 0.3 is 4.87 Å². The van der Waals surface area contributed by atoms with E-state index in [4.69, 9.17) is 0 Å². The van der Waals surface area contributed by atoms with Gasteiger partial charge in [-0.2, -0.15) is 0 Å². The summed E-state index contributed by atoms with van der Waals surface area (Å²) in [5.41, 5.74) is 0.855. The van der Waals surface area contributed by atoms with E-state index in [9.17, 15) is 9.90 Å². The molecule has 2 heterocycles. The van der Waals surface area contributed by atoms with Gasteiger partial charge in [-0.15, -0.1) is 11.3 Å². The van der Waals surface area contributed by atoms with Gasteiger partial charge in [-0.25, -0.2) is 0 Å². The number of aromatic nitrogens is 1. The minimum atomic E-state index is -0.481. The first kappa shape index (κ1) is 11.5. The van der Waals surface area contributed by atoms with E-state index < -0.39 is 6.10 Å². The molecule has 2 aromatic heterocycles. The molecule has 1 unspecified atom stereocenters. The zero-order chi connectivity index (χ0) is 11.4. The van der Waals surface area contributed by atoms with Crippen molar-refractivity contribution in [2.75, 3.05) is 6.54 Å². The molecule has 86 valence electrons. The third-order valence-corrected chi connectivity index (χ3v) is 3.79. The predicted molar refractivity (Wildman–Crippen MR) is 65.9 cm³/mol. The van der Waals surface area contributed by atoms with Gasteiger partial charge in [-0.1, -0.05) is 17.4 Å². The Kier molecular flexibility index (Phi) is 3.89. The van der Waals surface area contributed by atoms with Gasteiger partial charge in [0, 0.05) is 29.0 Å². The second-order valence-electron chi connectivity index (χ2n) is 3.34. The molecule has 0 amide bonds. The molecule has 0 saturated carbocycles. The molecule has 0 spiro atoms. The van der Waals surface area contributed by atoms with Crippen LogP contribution >= 0.6 is 22.7 Å². The van der Waals surface area contributed by atoms with Crippen molar-refractivity contribution in [3.05, 3.63) is 43.1 Å². The Morgan fingerprint density at radius 1 is 1.50 bits per heavy atom. The summed E-state index contributed by atoms with van der Waals surface area (Å²) >= 11 is 2.69. The molecule has 6 heteroatoms. The van der Waals surface area contributed by atoms with Crippen LogP contribution in [0.4, 0.5) is 0 Å². The lowest BCUT2D eigenvalue weighted by atomic mass is 10.3. The quantitative estimate of drug-likeness (QED) is 0.756. The Balaban J connectivity index is 1.78. The van der Waals surface area contributed by atoms with Crippen molar-refractivity contribution in [2.45, 2.75) is 12.6 Å². The normalized spacial score (nSPS) is 12.8. The molecule has 0 bridgehead atoms. The molecule has 0 aliphatic carbocycles. The second-order valence-corrected chi connectivity index (χ2v) is 5.16. The van der Waals surface area contributed by atoms with Gasteiger partial charge < -0.3 is 15.4 Å². The third kappa shape index (κ3) is 3.02. The Bertz CT molecular complexity index is 475. The van der Waals surface area contributed by atoms with E-state index in [0.29, 0.717) is 13.1 Å². The fourth-order valence-electron chi connectivity index (χ4n) is 1.33. The van der Waals surface area contributed by atoms with Crippen LogP contribution in [0.15, 0.2) is 27.7 Å². The highest BCUT2D eigenvalue weighted by Gasteiger charge is 2.07. The molecule has 1 atom stereocenters. The number of aromatic amines is 1. The van der Waals surface area contributed by atoms with Crippen LogP contribution in [0.1, 0.15) is 16.7 Å². The maximum absolute atomic E-state index is 10.9. The molecule has 3 N–H and O–H groups in total. The van der Waals surface area contributed by atoms with E-state index in [1.807, 2.05) is 17.5 Å². The van der Waals surface area contributed by atoms with Crippen molar-refractivity contribution in [1.82, 2.24) is 10.3 Å². The summed E-state index contributed by atoms with van der Waals surface area (Å²) in [5, 5.41) is 16.6. The number of thiophene rings is 1. The van der Waals surface area contributed by atoms with Crippen molar-refractivity contribution < 1.29 is 5.11 Å². The van der Waals surface area contributed by atoms with Gasteiger partial charge in [0.2, 0.25) is 0 Å². The first-order chi connectivity index (χ1) is 7.75. The Labute approximate surface area is 101 Å². The minimum Gasteiger partial charge on any atom is -0.386 e. The van der Waals surface area contributed by atoms with E-state index in [1.54, 1.807) is 5.38 Å². The summed E-state index contributed by atoms with van der Waals surface area (Å²) in [6.07, 6.45) is -0.481. The number of nitrogens with one attached hydrogen (secondary N) is 2. The van der Waals surface area contributed by atoms with Crippen molar-refractivity contribution in [1.29, 1.82) is 0 Å². The largest absolute Gasteiger partial charge is 0.386 e. The van der Waals surface area contributed by atoms with E-state index in [1.165, 1.54) is 11.3 Å². The average Bonchev–Trinajstić information content (AvgIpc) is 2.89. The van der Waals surface area contributed by atoms with Gasteiger partial charge in [0.1, 0.15) is 6.10 Å². The van der Waals surface area contributed by atoms with Crippen LogP contribution in [0.3, 0.4) is 0 Å². The molecule has 0 aliphatic heterocycles. The minimum absolute atomic E-state index is 0.0457. The lowest BCUT2D eigenvalue weighted by molar-refractivity contribution is 0.178. The number of aliphatic hydroxyl groups is 1. The van der Waals surface area contributed by atoms with Crippen molar-refractivity contribution in [3.8, 4) is 0 Å². The fourth-order valence-corrected chi connectivity index (χ4v) is 2.62. The summed E-state index contributed by atoms with van der Waals surface area (Å²) in [6, 6.07) is 3.82. The number of thiazole rings is 1. The first-order valence-corrected chi connectivity index (χ1v) is 6.60. The highest BCUT2D eigenvalue weighted by Crippen LogP contribution is 2.17. The average molecular weight is 256 g/mol. The third-order valence-electron chi connectivity index (χ3n) is 2.10. The lowest BCUT2D eigenvalue weighted by Crippen LogP contribution is -2.21. The molecule has 4 nitrogen and oxygen atoms in total. The molecular weight excluding hydrogens is 244 g/mol. The number of H-pyrrole nitrogens is 1. The highest BCUT2D eigenvalue weighted by atomic mass is 32.1. The van der Waals surface area contributed by atoms with Crippen LogP contribution in [0.5, 0.6) is 0 Å². The van der Waals surface area contributed by atoms with Crippen molar-refractivity contribution in [2.24, 2.45) is 0 Å². The maximum Gasteiger partial charge on any atom is 0.304 e. The van der Waals surface area contributed by atoms with Gasteiger partial charge in [0.05, 0.1) is 0 Å². The Hall–Kier alpha value is -0.950. The van der Waals surface area contributed by atoms with Crippen LogP contribution in [-0.2, 0) is 6.54 Å². The Morgan fingerprint density at radius 3 is 3.00 bits per heavy atom. The highest BCUT2D eigenvalue weighted by molar-refractivity contribution is 7.10. The van der Waals surface area contributed by atoms with Gasteiger partial charge in [0.25, 0.3) is 0 Å². The monoisotopic (exact) mass is 256 g/mol. The summed E-state index contributed by atoms with van der Waals surface area (Å²) in [7, 11) is 0. The van der Waals surface area contributed by atoms with Crippen molar-refractivity contribution in [3.63, 3.8) is 0 Å². The molecule has 0 aliphatic rings. The molecular formula is C10H12N2O2S2. The van der Waals surface area contributed by atoms with E-state index in [-0.39, 0.29) is 4.87 Å². The number of hydrogen-bond acceptors (Lipinski definition) is 5. The number of hydrogen-bond donors (Lipinski definition) is 3. The number of rotatable bonds is 5. The van der Waals surface area contributed by atoms with Crippen molar-refractivity contribution >= 4 is 22.7 Å². The molecule has 0 radical (unpaired) electrons.